The van der Waals surface area contributed by atoms with Crippen LogP contribution in [0.2, 0.25) is 10.0 Å². The van der Waals surface area contributed by atoms with E-state index < -0.39 is 6.04 Å². The van der Waals surface area contributed by atoms with E-state index in [0.717, 1.165) is 6.42 Å². The summed E-state index contributed by atoms with van der Waals surface area (Å²) in [4.78, 5) is 12.1. The van der Waals surface area contributed by atoms with Gasteiger partial charge in [-0.2, -0.15) is 0 Å². The number of carbonyl (C=O) groups excluding carboxylic acids is 1. The van der Waals surface area contributed by atoms with Crippen LogP contribution in [0, 0.1) is 0 Å². The number of nitrogens with one attached hydrogen (secondary N) is 1. The van der Waals surface area contributed by atoms with E-state index in [2.05, 4.69) is 5.32 Å². The van der Waals surface area contributed by atoms with Crippen LogP contribution in [0.25, 0.3) is 0 Å². The predicted octanol–water partition coefficient (Wildman–Crippen LogP) is 3.99. The molecule has 0 bridgehead atoms. The summed E-state index contributed by atoms with van der Waals surface area (Å²) in [7, 11) is 0. The lowest BCUT2D eigenvalue weighted by atomic mass is 10.1. The smallest absolute Gasteiger partial charge is 0.327 e. The van der Waals surface area contributed by atoms with Crippen molar-refractivity contribution in [3.8, 4) is 0 Å². The molecule has 1 rings (SSSR count). The Balaban J connectivity index is 3.11. The molecular weight excluding hydrogens is 285 g/mol. The van der Waals surface area contributed by atoms with Crippen molar-refractivity contribution in [2.24, 2.45) is 0 Å². The summed E-state index contributed by atoms with van der Waals surface area (Å²) in [5, 5.41) is 4.12. The number of hydrogen-bond donors (Lipinski definition) is 1. The van der Waals surface area contributed by atoms with E-state index >= 15 is 0 Å². The van der Waals surface area contributed by atoms with Gasteiger partial charge in [-0.25, -0.2) is 4.79 Å². The monoisotopic (exact) mass is 303 g/mol. The van der Waals surface area contributed by atoms with Crippen LogP contribution in [0.3, 0.4) is 0 Å². The second kappa shape index (κ2) is 7.73. The Morgan fingerprint density at radius 2 is 1.89 bits per heavy atom. The SMILES string of the molecule is CCOC(=O)C(NC(C)CC)c1c(Cl)cccc1Cl. The number of benzene rings is 1. The summed E-state index contributed by atoms with van der Waals surface area (Å²) < 4.78 is 5.10. The average molecular weight is 304 g/mol. The minimum absolute atomic E-state index is 0.154. The summed E-state index contributed by atoms with van der Waals surface area (Å²) in [5.74, 6) is -0.363. The van der Waals surface area contributed by atoms with E-state index in [1.165, 1.54) is 0 Å². The lowest BCUT2D eigenvalue weighted by Crippen LogP contribution is -2.36. The van der Waals surface area contributed by atoms with E-state index in [1.807, 2.05) is 13.8 Å². The molecule has 3 nitrogen and oxygen atoms in total. The van der Waals surface area contributed by atoms with Crippen LogP contribution in [0.15, 0.2) is 18.2 Å². The second-order valence-electron chi connectivity index (χ2n) is 4.30. The number of rotatable bonds is 6. The third-order valence-corrected chi connectivity index (χ3v) is 3.53. The quantitative estimate of drug-likeness (QED) is 0.808. The van der Waals surface area contributed by atoms with Crippen LogP contribution >= 0.6 is 23.2 Å². The fourth-order valence-electron chi connectivity index (χ4n) is 1.68. The molecule has 0 aromatic heterocycles. The number of ether oxygens (including phenoxy) is 1. The first kappa shape index (κ1) is 16.3. The van der Waals surface area contributed by atoms with Gasteiger partial charge in [0.1, 0.15) is 6.04 Å². The van der Waals surface area contributed by atoms with Crippen LogP contribution in [0.4, 0.5) is 0 Å². The van der Waals surface area contributed by atoms with Crippen molar-refractivity contribution >= 4 is 29.2 Å². The highest BCUT2D eigenvalue weighted by molar-refractivity contribution is 6.36. The van der Waals surface area contributed by atoms with Crippen molar-refractivity contribution in [3.63, 3.8) is 0 Å². The third-order valence-electron chi connectivity index (χ3n) is 2.87. The number of halogens is 2. The van der Waals surface area contributed by atoms with Gasteiger partial charge in [0.2, 0.25) is 0 Å². The molecule has 0 aliphatic rings. The first-order chi connectivity index (χ1) is 9.01. The summed E-state index contributed by atoms with van der Waals surface area (Å²) in [6.45, 7) is 6.12. The molecule has 0 saturated carbocycles. The van der Waals surface area contributed by atoms with E-state index in [9.17, 15) is 4.79 Å². The highest BCUT2D eigenvalue weighted by atomic mass is 35.5. The summed E-state index contributed by atoms with van der Waals surface area (Å²) in [5.41, 5.74) is 0.574. The maximum absolute atomic E-state index is 12.1. The molecule has 106 valence electrons. The Morgan fingerprint density at radius 3 is 2.37 bits per heavy atom. The van der Waals surface area contributed by atoms with Gasteiger partial charge in [0.25, 0.3) is 0 Å². The topological polar surface area (TPSA) is 38.3 Å². The van der Waals surface area contributed by atoms with Crippen molar-refractivity contribution in [1.29, 1.82) is 0 Å². The van der Waals surface area contributed by atoms with Gasteiger partial charge < -0.3 is 4.74 Å². The van der Waals surface area contributed by atoms with Crippen molar-refractivity contribution in [2.45, 2.75) is 39.3 Å². The molecule has 1 aromatic carbocycles. The normalized spacial score (nSPS) is 13.9. The van der Waals surface area contributed by atoms with Gasteiger partial charge in [-0.05, 0) is 32.4 Å². The zero-order valence-corrected chi connectivity index (χ0v) is 12.9. The minimum Gasteiger partial charge on any atom is -0.465 e. The van der Waals surface area contributed by atoms with E-state index in [0.29, 0.717) is 22.2 Å². The van der Waals surface area contributed by atoms with E-state index in [-0.39, 0.29) is 12.0 Å². The Kier molecular flexibility index (Phi) is 6.63. The molecule has 19 heavy (non-hydrogen) atoms. The van der Waals surface area contributed by atoms with Gasteiger partial charge in [0, 0.05) is 21.7 Å². The number of esters is 1. The van der Waals surface area contributed by atoms with Gasteiger partial charge in [-0.15, -0.1) is 0 Å². The Labute approximate surface area is 124 Å². The molecule has 0 aliphatic carbocycles. The Hall–Kier alpha value is -0.770. The molecule has 0 amide bonds. The summed E-state index contributed by atoms with van der Waals surface area (Å²) in [6, 6.07) is 4.69. The molecule has 0 radical (unpaired) electrons. The standard InChI is InChI=1S/C14H19Cl2NO2/c1-4-9(3)17-13(14(18)19-5-2)12-10(15)7-6-8-11(12)16/h6-9,13,17H,4-5H2,1-3H3. The minimum atomic E-state index is -0.643. The van der Waals surface area contributed by atoms with Crippen LogP contribution in [0.5, 0.6) is 0 Å². The highest BCUT2D eigenvalue weighted by Crippen LogP contribution is 2.31. The van der Waals surface area contributed by atoms with Crippen LogP contribution in [0.1, 0.15) is 38.8 Å². The zero-order chi connectivity index (χ0) is 14.4. The molecule has 0 heterocycles. The molecule has 0 saturated heterocycles. The fourth-order valence-corrected chi connectivity index (χ4v) is 2.30. The molecule has 2 atom stereocenters. The van der Waals surface area contributed by atoms with Crippen LogP contribution in [-0.2, 0) is 9.53 Å². The largest absolute Gasteiger partial charge is 0.465 e. The summed E-state index contributed by atoms with van der Waals surface area (Å²) in [6.07, 6.45) is 0.887. The van der Waals surface area contributed by atoms with Crippen molar-refractivity contribution in [1.82, 2.24) is 5.32 Å². The number of carbonyl (C=O) groups is 1. The average Bonchev–Trinajstić information content (AvgIpc) is 2.37. The molecule has 2 unspecified atom stereocenters. The third kappa shape index (κ3) is 4.37. The molecule has 1 aromatic rings. The Morgan fingerprint density at radius 1 is 1.32 bits per heavy atom. The Bertz CT molecular complexity index is 417. The van der Waals surface area contributed by atoms with Crippen LogP contribution < -0.4 is 5.32 Å². The van der Waals surface area contributed by atoms with Crippen molar-refractivity contribution < 1.29 is 9.53 Å². The lowest BCUT2D eigenvalue weighted by molar-refractivity contribution is -0.146. The van der Waals surface area contributed by atoms with Gasteiger partial charge >= 0.3 is 5.97 Å². The zero-order valence-electron chi connectivity index (χ0n) is 11.4. The lowest BCUT2D eigenvalue weighted by Gasteiger charge is -2.23. The first-order valence-electron chi connectivity index (χ1n) is 6.37. The predicted molar refractivity (Wildman–Crippen MR) is 78.7 cm³/mol. The van der Waals surface area contributed by atoms with Crippen LogP contribution in [-0.4, -0.2) is 18.6 Å². The van der Waals surface area contributed by atoms with E-state index in [4.69, 9.17) is 27.9 Å². The molecule has 0 spiro atoms. The molecule has 0 aliphatic heterocycles. The van der Waals surface area contributed by atoms with Crippen molar-refractivity contribution in [3.05, 3.63) is 33.8 Å². The van der Waals surface area contributed by atoms with E-state index in [1.54, 1.807) is 25.1 Å². The van der Waals surface area contributed by atoms with Gasteiger partial charge in [0.05, 0.1) is 6.61 Å². The second-order valence-corrected chi connectivity index (χ2v) is 5.11. The molecular formula is C14H19Cl2NO2. The highest BCUT2D eigenvalue weighted by Gasteiger charge is 2.27. The fraction of sp³-hybridized carbons (Fsp3) is 0.500. The van der Waals surface area contributed by atoms with Crippen molar-refractivity contribution in [2.75, 3.05) is 6.61 Å². The summed E-state index contributed by atoms with van der Waals surface area (Å²) >= 11 is 12.3. The molecule has 0 fully saturated rings. The molecule has 1 N–H and O–H groups in total. The molecule has 5 heteroatoms. The van der Waals surface area contributed by atoms with Gasteiger partial charge in [-0.3, -0.25) is 5.32 Å². The maximum atomic E-state index is 12.1. The maximum Gasteiger partial charge on any atom is 0.327 e. The first-order valence-corrected chi connectivity index (χ1v) is 7.13. The number of hydrogen-bond acceptors (Lipinski definition) is 3. The van der Waals surface area contributed by atoms with Gasteiger partial charge in [0.15, 0.2) is 0 Å². The van der Waals surface area contributed by atoms with Gasteiger partial charge in [-0.1, -0.05) is 36.2 Å².